The standard InChI is InChI=1S/C25H20ClF3N4O5/c1-36-21(34)7-13-11-37-20-8-15(5-6-16(13)20)33(23(35)25(27,28)29)19-12-38-22-17(19)3-2-4-18(22)32-24-30-9-14(26)10-31-24/h2-6,8-10,13,19H,7,11-12H2,1H3,(H,30,31,32)/t13-,19-/m1/s1. The molecule has 9 nitrogen and oxygen atoms in total. The van der Waals surface area contributed by atoms with E-state index in [-0.39, 0.29) is 42.9 Å². The first kappa shape index (κ1) is 25.6. The normalized spacial score (nSPS) is 17.6. The molecule has 3 heterocycles. The Balaban J connectivity index is 1.49. The van der Waals surface area contributed by atoms with Crippen molar-refractivity contribution in [3.63, 3.8) is 0 Å². The lowest BCUT2D eigenvalue weighted by Gasteiger charge is -2.29. The minimum absolute atomic E-state index is 0.0226. The number of carbonyl (C=O) groups is 2. The highest BCUT2D eigenvalue weighted by atomic mass is 35.5. The van der Waals surface area contributed by atoms with Crippen molar-refractivity contribution in [1.29, 1.82) is 0 Å². The van der Waals surface area contributed by atoms with E-state index in [1.54, 1.807) is 24.3 Å². The van der Waals surface area contributed by atoms with Crippen LogP contribution in [0.2, 0.25) is 5.02 Å². The second-order valence-electron chi connectivity index (χ2n) is 8.58. The van der Waals surface area contributed by atoms with Gasteiger partial charge in [0.1, 0.15) is 18.1 Å². The van der Waals surface area contributed by atoms with E-state index >= 15 is 0 Å². The van der Waals surface area contributed by atoms with Crippen molar-refractivity contribution >= 4 is 40.8 Å². The van der Waals surface area contributed by atoms with E-state index in [0.29, 0.717) is 32.5 Å². The van der Waals surface area contributed by atoms with Crippen molar-refractivity contribution in [2.24, 2.45) is 0 Å². The summed E-state index contributed by atoms with van der Waals surface area (Å²) in [5, 5.41) is 3.29. The predicted octanol–water partition coefficient (Wildman–Crippen LogP) is 4.94. The van der Waals surface area contributed by atoms with Gasteiger partial charge in [-0.3, -0.25) is 14.5 Å². The number of esters is 1. The van der Waals surface area contributed by atoms with Gasteiger partial charge < -0.3 is 19.5 Å². The van der Waals surface area contributed by atoms with Gasteiger partial charge >= 0.3 is 18.1 Å². The third-order valence-electron chi connectivity index (χ3n) is 6.23. The number of hydrogen-bond donors (Lipinski definition) is 1. The van der Waals surface area contributed by atoms with Crippen molar-refractivity contribution in [2.45, 2.75) is 24.6 Å². The second-order valence-corrected chi connectivity index (χ2v) is 9.02. The lowest BCUT2D eigenvalue weighted by molar-refractivity contribution is -0.171. The van der Waals surface area contributed by atoms with Crippen molar-refractivity contribution < 1.29 is 37.0 Å². The molecule has 0 unspecified atom stereocenters. The van der Waals surface area contributed by atoms with Crippen molar-refractivity contribution in [3.8, 4) is 11.5 Å². The van der Waals surface area contributed by atoms with Gasteiger partial charge in [0.15, 0.2) is 0 Å². The average Bonchev–Trinajstić information content (AvgIpc) is 3.50. The molecule has 0 bridgehead atoms. The van der Waals surface area contributed by atoms with Crippen LogP contribution in [-0.4, -0.2) is 48.3 Å². The molecule has 1 N–H and O–H groups in total. The molecule has 0 radical (unpaired) electrons. The van der Waals surface area contributed by atoms with Gasteiger partial charge in [-0.2, -0.15) is 13.2 Å². The van der Waals surface area contributed by atoms with Crippen LogP contribution in [0.3, 0.4) is 0 Å². The minimum Gasteiger partial charge on any atom is -0.493 e. The minimum atomic E-state index is -5.15. The largest absolute Gasteiger partial charge is 0.493 e. The summed E-state index contributed by atoms with van der Waals surface area (Å²) in [6.45, 7) is -0.0570. The highest BCUT2D eigenvalue weighted by Gasteiger charge is 2.48. The summed E-state index contributed by atoms with van der Waals surface area (Å²) in [6, 6.07) is 8.12. The topological polar surface area (TPSA) is 103 Å². The number of nitrogens with zero attached hydrogens (tertiary/aromatic N) is 3. The molecule has 2 aliphatic heterocycles. The van der Waals surface area contributed by atoms with Crippen LogP contribution in [0, 0.1) is 0 Å². The number of halogens is 4. The lowest BCUT2D eigenvalue weighted by atomic mass is 9.97. The molecule has 38 heavy (non-hydrogen) atoms. The number of aromatic nitrogens is 2. The summed E-state index contributed by atoms with van der Waals surface area (Å²) in [5.41, 5.74) is 1.41. The van der Waals surface area contributed by atoms with Crippen molar-refractivity contribution in [3.05, 3.63) is 64.9 Å². The number of fused-ring (bicyclic) bond motifs is 2. The zero-order valence-electron chi connectivity index (χ0n) is 19.8. The maximum atomic E-state index is 13.8. The van der Waals surface area contributed by atoms with Crippen LogP contribution in [0.15, 0.2) is 48.8 Å². The SMILES string of the molecule is COC(=O)C[C@@H]1COc2cc(N(C(=O)C(F)(F)F)[C@@H]3COc4c(Nc5ncc(Cl)cn5)cccc43)ccc21. The maximum Gasteiger partial charge on any atom is 0.471 e. The Hall–Kier alpha value is -4.06. The Morgan fingerprint density at radius 3 is 2.61 bits per heavy atom. The zero-order chi connectivity index (χ0) is 27.0. The van der Waals surface area contributed by atoms with Gasteiger partial charge in [0.25, 0.3) is 0 Å². The number of anilines is 3. The van der Waals surface area contributed by atoms with Gasteiger partial charge in [-0.15, -0.1) is 0 Å². The van der Waals surface area contributed by atoms with Crippen LogP contribution in [0.25, 0.3) is 0 Å². The molecule has 3 aromatic rings. The van der Waals surface area contributed by atoms with E-state index in [1.165, 1.54) is 31.6 Å². The molecular formula is C25H20ClF3N4O5. The third-order valence-corrected chi connectivity index (χ3v) is 6.42. The lowest BCUT2D eigenvalue weighted by Crippen LogP contribution is -2.44. The maximum absolute atomic E-state index is 13.8. The molecule has 0 saturated carbocycles. The first-order valence-corrected chi connectivity index (χ1v) is 11.8. The molecular weight excluding hydrogens is 529 g/mol. The molecule has 5 rings (SSSR count). The van der Waals surface area contributed by atoms with Gasteiger partial charge in [0.2, 0.25) is 5.95 Å². The van der Waals surface area contributed by atoms with Crippen molar-refractivity contribution in [2.75, 3.05) is 30.5 Å². The van der Waals surface area contributed by atoms with Crippen LogP contribution < -0.4 is 19.7 Å². The van der Waals surface area contributed by atoms with E-state index in [0.717, 1.165) is 0 Å². The molecule has 2 aliphatic rings. The van der Waals surface area contributed by atoms with Crippen LogP contribution >= 0.6 is 11.6 Å². The van der Waals surface area contributed by atoms with Gasteiger partial charge in [0.05, 0.1) is 49.3 Å². The number of amides is 1. The molecule has 2 atom stereocenters. The number of para-hydroxylation sites is 1. The predicted molar refractivity (Wildman–Crippen MR) is 130 cm³/mol. The quantitative estimate of drug-likeness (QED) is 0.432. The smallest absolute Gasteiger partial charge is 0.471 e. The molecule has 1 amide bonds. The number of rotatable bonds is 6. The second kappa shape index (κ2) is 10.0. The Morgan fingerprint density at radius 2 is 1.89 bits per heavy atom. The number of methoxy groups -OCH3 is 1. The Kier molecular flexibility index (Phi) is 6.74. The summed E-state index contributed by atoms with van der Waals surface area (Å²) in [6.07, 6.45) is -2.31. The first-order chi connectivity index (χ1) is 18.2. The van der Waals surface area contributed by atoms with E-state index < -0.39 is 24.1 Å². The number of alkyl halides is 3. The zero-order valence-corrected chi connectivity index (χ0v) is 20.5. The Bertz CT molecular complexity index is 1390. The summed E-state index contributed by atoms with van der Waals surface area (Å²) in [5.74, 6) is -2.02. The average molecular weight is 549 g/mol. The summed E-state index contributed by atoms with van der Waals surface area (Å²) < 4.78 is 57.5. The van der Waals surface area contributed by atoms with Crippen LogP contribution in [0.5, 0.6) is 11.5 Å². The summed E-state index contributed by atoms with van der Waals surface area (Å²) in [7, 11) is 1.27. The van der Waals surface area contributed by atoms with Gasteiger partial charge in [-0.05, 0) is 12.1 Å². The fourth-order valence-electron chi connectivity index (χ4n) is 4.48. The van der Waals surface area contributed by atoms with Crippen LogP contribution in [0.4, 0.5) is 30.5 Å². The fourth-order valence-corrected chi connectivity index (χ4v) is 4.58. The number of nitrogens with one attached hydrogen (secondary N) is 1. The van der Waals surface area contributed by atoms with E-state index in [2.05, 4.69) is 15.3 Å². The Labute approximate surface area is 219 Å². The van der Waals surface area contributed by atoms with E-state index in [4.69, 9.17) is 25.8 Å². The van der Waals surface area contributed by atoms with Crippen molar-refractivity contribution in [1.82, 2.24) is 9.97 Å². The highest BCUT2D eigenvalue weighted by molar-refractivity contribution is 6.30. The fraction of sp³-hybridized carbons (Fsp3) is 0.280. The number of hydrogen-bond acceptors (Lipinski definition) is 8. The molecule has 2 aromatic carbocycles. The molecule has 0 saturated heterocycles. The molecule has 0 fully saturated rings. The van der Waals surface area contributed by atoms with Gasteiger partial charge in [-0.25, -0.2) is 9.97 Å². The number of ether oxygens (including phenoxy) is 3. The highest BCUT2D eigenvalue weighted by Crippen LogP contribution is 2.46. The summed E-state index contributed by atoms with van der Waals surface area (Å²) in [4.78, 5) is 33.2. The molecule has 13 heteroatoms. The molecule has 0 spiro atoms. The molecule has 198 valence electrons. The molecule has 0 aliphatic carbocycles. The summed E-state index contributed by atoms with van der Waals surface area (Å²) >= 11 is 5.82. The molecule has 1 aromatic heterocycles. The van der Waals surface area contributed by atoms with Gasteiger partial charge in [-0.1, -0.05) is 29.8 Å². The third kappa shape index (κ3) is 4.91. The Morgan fingerprint density at radius 1 is 1.13 bits per heavy atom. The van der Waals surface area contributed by atoms with E-state index in [1.807, 2.05) is 0 Å². The van der Waals surface area contributed by atoms with E-state index in [9.17, 15) is 22.8 Å². The number of carbonyl (C=O) groups excluding carboxylic acids is 2. The first-order valence-electron chi connectivity index (χ1n) is 11.4. The van der Waals surface area contributed by atoms with Gasteiger partial charge in [0, 0.05) is 28.8 Å². The monoisotopic (exact) mass is 548 g/mol. The number of benzene rings is 2. The van der Waals surface area contributed by atoms with Crippen LogP contribution in [-0.2, 0) is 14.3 Å². The van der Waals surface area contributed by atoms with Crippen LogP contribution in [0.1, 0.15) is 29.5 Å².